The summed E-state index contributed by atoms with van der Waals surface area (Å²) in [5, 5.41) is 44.8. The van der Waals surface area contributed by atoms with Crippen LogP contribution in [0.4, 0.5) is 13.2 Å². The van der Waals surface area contributed by atoms with Crippen LogP contribution in [0.2, 0.25) is 5.02 Å². The van der Waals surface area contributed by atoms with Crippen LogP contribution >= 0.6 is 27.5 Å². The Morgan fingerprint density at radius 2 is 1.92 bits per heavy atom. The molecule has 0 spiro atoms. The van der Waals surface area contributed by atoms with Crippen LogP contribution in [0.25, 0.3) is 16.9 Å². The SMILES string of the molecule is Cc1nc([C@@H]2O[C@H](CO)[C@H](O)[C@H](n3cc(-c4ccc(Br)c(F)c4)nn3)[C@H]2O)n(-c2cc(Cl)ccc2C(F)F)n1. The first-order valence-corrected chi connectivity index (χ1v) is 12.8. The molecule has 10 nitrogen and oxygen atoms in total. The van der Waals surface area contributed by atoms with Gasteiger partial charge in [0.25, 0.3) is 6.43 Å². The van der Waals surface area contributed by atoms with Gasteiger partial charge in [0.05, 0.1) is 23.0 Å². The number of aliphatic hydroxyl groups is 3. The van der Waals surface area contributed by atoms with E-state index in [1.807, 2.05) is 0 Å². The zero-order valence-corrected chi connectivity index (χ0v) is 22.4. The average molecular weight is 630 g/mol. The van der Waals surface area contributed by atoms with Crippen molar-refractivity contribution >= 4 is 27.5 Å². The summed E-state index contributed by atoms with van der Waals surface area (Å²) in [6, 6.07) is 6.88. The van der Waals surface area contributed by atoms with Gasteiger partial charge in [0.15, 0.2) is 5.82 Å². The van der Waals surface area contributed by atoms with Gasteiger partial charge in [-0.2, -0.15) is 5.10 Å². The molecule has 1 aliphatic rings. The molecule has 39 heavy (non-hydrogen) atoms. The number of halogens is 5. The maximum absolute atomic E-state index is 14.1. The van der Waals surface area contributed by atoms with Gasteiger partial charge in [-0.1, -0.05) is 22.9 Å². The molecular formula is C24H21BrClF3N6O4. The number of ether oxygens (including phenoxy) is 1. The van der Waals surface area contributed by atoms with Crippen molar-refractivity contribution in [3.05, 3.63) is 75.1 Å². The van der Waals surface area contributed by atoms with Crippen LogP contribution in [0.1, 0.15) is 35.8 Å². The lowest BCUT2D eigenvalue weighted by Gasteiger charge is -2.41. The molecule has 1 fully saturated rings. The highest BCUT2D eigenvalue weighted by atomic mass is 79.9. The largest absolute Gasteiger partial charge is 0.394 e. The molecule has 1 saturated heterocycles. The van der Waals surface area contributed by atoms with E-state index in [2.05, 4.69) is 36.3 Å². The van der Waals surface area contributed by atoms with E-state index in [1.165, 1.54) is 42.1 Å². The van der Waals surface area contributed by atoms with Gasteiger partial charge in [-0.05, 0) is 53.2 Å². The quantitative estimate of drug-likeness (QED) is 0.294. The molecular weight excluding hydrogens is 609 g/mol. The number of hydrogen-bond donors (Lipinski definition) is 3. The molecule has 1 aliphatic heterocycles. The Kier molecular flexibility index (Phi) is 7.77. The zero-order valence-electron chi connectivity index (χ0n) is 20.0. The first-order chi connectivity index (χ1) is 18.6. The fraction of sp³-hybridized carbons (Fsp3) is 0.333. The first kappa shape index (κ1) is 27.7. The third-order valence-electron chi connectivity index (χ3n) is 6.37. The smallest absolute Gasteiger partial charge is 0.265 e. The average Bonchev–Trinajstić information content (AvgIpc) is 3.53. The third-order valence-corrected chi connectivity index (χ3v) is 7.25. The summed E-state index contributed by atoms with van der Waals surface area (Å²) in [6.07, 6.45) is -7.06. The Bertz CT molecular complexity index is 1500. The van der Waals surface area contributed by atoms with Crippen molar-refractivity contribution in [2.75, 3.05) is 6.61 Å². The van der Waals surface area contributed by atoms with E-state index in [-0.39, 0.29) is 38.1 Å². The number of nitrogens with zero attached hydrogens (tertiary/aromatic N) is 6. The van der Waals surface area contributed by atoms with Gasteiger partial charge in [0.2, 0.25) is 0 Å². The van der Waals surface area contributed by atoms with E-state index in [9.17, 15) is 28.5 Å². The molecule has 5 rings (SSSR count). The fourth-order valence-corrected chi connectivity index (χ4v) is 4.93. The van der Waals surface area contributed by atoms with Gasteiger partial charge < -0.3 is 20.1 Å². The normalized spacial score (nSPS) is 23.5. The topological polar surface area (TPSA) is 131 Å². The summed E-state index contributed by atoms with van der Waals surface area (Å²) in [5.74, 6) is -0.396. The van der Waals surface area contributed by atoms with E-state index in [0.29, 0.717) is 5.56 Å². The third kappa shape index (κ3) is 5.19. The first-order valence-electron chi connectivity index (χ1n) is 11.6. The van der Waals surface area contributed by atoms with Gasteiger partial charge in [-0.15, -0.1) is 5.10 Å². The molecule has 2 aromatic heterocycles. The highest BCUT2D eigenvalue weighted by molar-refractivity contribution is 9.10. The Morgan fingerprint density at radius 3 is 2.62 bits per heavy atom. The van der Waals surface area contributed by atoms with Crippen LogP contribution in [0.3, 0.4) is 0 Å². The summed E-state index contributed by atoms with van der Waals surface area (Å²) in [4.78, 5) is 4.31. The van der Waals surface area contributed by atoms with Crippen molar-refractivity contribution < 1.29 is 33.2 Å². The predicted molar refractivity (Wildman–Crippen MR) is 135 cm³/mol. The Hall–Kier alpha value is -2.88. The van der Waals surface area contributed by atoms with Crippen LogP contribution < -0.4 is 0 Å². The molecule has 3 N–H and O–H groups in total. The van der Waals surface area contributed by atoms with E-state index >= 15 is 0 Å². The Morgan fingerprint density at radius 1 is 1.15 bits per heavy atom. The van der Waals surface area contributed by atoms with E-state index in [1.54, 1.807) is 6.07 Å². The summed E-state index contributed by atoms with van der Waals surface area (Å²) in [5.41, 5.74) is 0.189. The maximum Gasteiger partial charge on any atom is 0.265 e. The number of benzene rings is 2. The van der Waals surface area contributed by atoms with Gasteiger partial charge in [-0.25, -0.2) is 27.5 Å². The van der Waals surface area contributed by atoms with E-state index in [0.717, 1.165) is 10.7 Å². The number of hydrogen-bond acceptors (Lipinski definition) is 8. The monoisotopic (exact) mass is 628 g/mol. The molecule has 5 atom stereocenters. The minimum atomic E-state index is -2.87. The van der Waals surface area contributed by atoms with Gasteiger partial charge in [0.1, 0.15) is 47.8 Å². The molecule has 0 aliphatic carbocycles. The van der Waals surface area contributed by atoms with Crippen LogP contribution in [0, 0.1) is 12.7 Å². The number of aromatic nitrogens is 6. The van der Waals surface area contributed by atoms with Crippen molar-refractivity contribution in [3.8, 4) is 16.9 Å². The maximum atomic E-state index is 14.1. The summed E-state index contributed by atoms with van der Waals surface area (Å²) in [7, 11) is 0. The van der Waals surface area contributed by atoms with Crippen molar-refractivity contribution in [3.63, 3.8) is 0 Å². The molecule has 206 valence electrons. The minimum Gasteiger partial charge on any atom is -0.394 e. The number of aryl methyl sites for hydroxylation is 1. The second-order valence-electron chi connectivity index (χ2n) is 8.90. The van der Waals surface area contributed by atoms with Crippen molar-refractivity contribution in [2.24, 2.45) is 0 Å². The van der Waals surface area contributed by atoms with Crippen molar-refractivity contribution in [1.29, 1.82) is 0 Å². The van der Waals surface area contributed by atoms with E-state index in [4.69, 9.17) is 16.3 Å². The van der Waals surface area contributed by atoms with Crippen LogP contribution in [0.5, 0.6) is 0 Å². The lowest BCUT2D eigenvalue weighted by Crippen LogP contribution is -2.53. The Balaban J connectivity index is 1.56. The molecule has 3 heterocycles. The molecule has 0 saturated carbocycles. The second kappa shape index (κ2) is 10.9. The van der Waals surface area contributed by atoms with Gasteiger partial charge in [-0.3, -0.25) is 0 Å². The van der Waals surface area contributed by atoms with Crippen molar-refractivity contribution in [1.82, 2.24) is 29.8 Å². The molecule has 0 unspecified atom stereocenters. The molecule has 0 radical (unpaired) electrons. The molecule has 0 bridgehead atoms. The molecule has 0 amide bonds. The summed E-state index contributed by atoms with van der Waals surface area (Å²) >= 11 is 9.17. The van der Waals surface area contributed by atoms with Crippen LogP contribution in [0.15, 0.2) is 47.1 Å². The summed E-state index contributed by atoms with van der Waals surface area (Å²) < 4.78 is 50.1. The minimum absolute atomic E-state index is 0.0603. The molecule has 2 aromatic carbocycles. The number of rotatable bonds is 6. The predicted octanol–water partition coefficient (Wildman–Crippen LogP) is 3.72. The van der Waals surface area contributed by atoms with E-state index < -0.39 is 49.3 Å². The lowest BCUT2D eigenvalue weighted by atomic mass is 9.92. The number of aliphatic hydroxyl groups excluding tert-OH is 3. The van der Waals surface area contributed by atoms with Crippen LogP contribution in [-0.2, 0) is 4.74 Å². The van der Waals surface area contributed by atoms with Crippen molar-refractivity contribution in [2.45, 2.75) is 43.8 Å². The summed E-state index contributed by atoms with van der Waals surface area (Å²) in [6.45, 7) is 0.881. The lowest BCUT2D eigenvalue weighted by molar-refractivity contribution is -0.210. The van der Waals surface area contributed by atoms with Crippen LogP contribution in [-0.4, -0.2) is 70.0 Å². The zero-order chi connectivity index (χ0) is 28.0. The highest BCUT2D eigenvalue weighted by Gasteiger charge is 2.48. The molecule has 4 aromatic rings. The van der Waals surface area contributed by atoms with Gasteiger partial charge >= 0.3 is 0 Å². The number of alkyl halides is 2. The Labute approximate surface area is 232 Å². The highest BCUT2D eigenvalue weighted by Crippen LogP contribution is 2.39. The molecule has 15 heteroatoms. The van der Waals surface area contributed by atoms with Gasteiger partial charge in [0, 0.05) is 16.1 Å². The standard InChI is InChI=1S/C24H21BrClF3N6O4/c1-10-30-24(35(32-10)17-7-12(26)3-4-13(17)23(28)29)22-21(38)19(20(37)18(9-36)39-22)34-8-16(31-33-34)11-2-5-14(25)15(27)6-11/h2-8,18-23,36-38H,9H2,1H3/t18-,19+,20+,21-,22-/m1/s1. The fourth-order valence-electron chi connectivity index (χ4n) is 4.52. The second-order valence-corrected chi connectivity index (χ2v) is 10.2.